The van der Waals surface area contributed by atoms with Crippen LogP contribution in [-0.4, -0.2) is 39.1 Å². The minimum Gasteiger partial charge on any atom is -0.496 e. The lowest BCUT2D eigenvalue weighted by atomic mass is 9.65. The molecule has 1 amide bonds. The number of amides is 1. The molecule has 1 N–H and O–H groups in total. The van der Waals surface area contributed by atoms with Gasteiger partial charge in [-0.1, -0.05) is 65.8 Å². The van der Waals surface area contributed by atoms with Crippen LogP contribution in [-0.2, 0) is 20.1 Å². The zero-order valence-corrected chi connectivity index (χ0v) is 20.8. The highest BCUT2D eigenvalue weighted by Crippen LogP contribution is 2.46. The molecule has 1 saturated carbocycles. The second kappa shape index (κ2) is 9.78. The van der Waals surface area contributed by atoms with E-state index in [1.165, 1.54) is 7.11 Å². The molecule has 3 aromatic rings. The van der Waals surface area contributed by atoms with Crippen LogP contribution in [0.1, 0.15) is 35.2 Å². The molecule has 0 saturated heterocycles. The first-order valence-corrected chi connectivity index (χ1v) is 13.4. The maximum absolute atomic E-state index is 13.5. The molecular weight excluding hydrogens is 476 g/mol. The van der Waals surface area contributed by atoms with Gasteiger partial charge in [-0.3, -0.25) is 4.79 Å². The second-order valence-electron chi connectivity index (χ2n) is 9.27. The standard InChI is InChI=1S/C28H28N2O5S/c1-34-24-15-9-8-14-22(24)26(31)29-19-28(20-10-4-2-5-11-20)17-16-25-23(18-28)27(30-35-25)36(32,33)21-12-6-3-7-13-21/h2-15,23,25H,16-19H2,1H3,(H,29,31). The summed E-state index contributed by atoms with van der Waals surface area (Å²) in [6.45, 7) is 0.343. The van der Waals surface area contributed by atoms with Gasteiger partial charge in [0.05, 0.1) is 23.5 Å². The SMILES string of the molecule is COc1ccccc1C(=O)NCC1(c2ccccc2)CCC2ON=C(S(=O)(=O)c3ccccc3)C2C1. The second-order valence-corrected chi connectivity index (χ2v) is 11.2. The minimum atomic E-state index is -3.80. The summed E-state index contributed by atoms with van der Waals surface area (Å²) in [6.07, 6.45) is 1.53. The molecule has 1 aliphatic carbocycles. The lowest BCUT2D eigenvalue weighted by molar-refractivity contribution is 0.0198. The molecule has 1 aliphatic heterocycles. The predicted molar refractivity (Wildman–Crippen MR) is 137 cm³/mol. The van der Waals surface area contributed by atoms with Crippen molar-refractivity contribution in [3.05, 3.63) is 96.1 Å². The highest BCUT2D eigenvalue weighted by Gasteiger charge is 2.51. The summed E-state index contributed by atoms with van der Waals surface area (Å²) >= 11 is 0. The van der Waals surface area contributed by atoms with Crippen molar-refractivity contribution >= 4 is 20.8 Å². The number of para-hydroxylation sites is 1. The maximum atomic E-state index is 13.5. The van der Waals surface area contributed by atoms with Gasteiger partial charge in [0, 0.05) is 12.0 Å². The van der Waals surface area contributed by atoms with Gasteiger partial charge in [0.15, 0.2) is 5.04 Å². The number of fused-ring (bicyclic) bond motifs is 1. The summed E-state index contributed by atoms with van der Waals surface area (Å²) in [6, 6.07) is 25.4. The Morgan fingerprint density at radius 2 is 1.69 bits per heavy atom. The number of hydrogen-bond donors (Lipinski definition) is 1. The zero-order valence-electron chi connectivity index (χ0n) is 20.0. The van der Waals surface area contributed by atoms with Crippen molar-refractivity contribution in [3.8, 4) is 5.75 Å². The van der Waals surface area contributed by atoms with Gasteiger partial charge in [-0.15, -0.1) is 0 Å². The quantitative estimate of drug-likeness (QED) is 0.539. The number of nitrogens with zero attached hydrogens (tertiary/aromatic N) is 1. The van der Waals surface area contributed by atoms with E-state index in [4.69, 9.17) is 9.57 Å². The molecule has 3 unspecified atom stereocenters. The number of methoxy groups -OCH3 is 1. The fraction of sp³-hybridized carbons (Fsp3) is 0.286. The summed E-state index contributed by atoms with van der Waals surface area (Å²) < 4.78 is 32.3. The molecule has 7 nitrogen and oxygen atoms in total. The van der Waals surface area contributed by atoms with Gasteiger partial charge < -0.3 is 14.9 Å². The number of benzene rings is 3. The first kappa shape index (κ1) is 24.1. The number of rotatable bonds is 6. The molecule has 5 rings (SSSR count). The van der Waals surface area contributed by atoms with Crippen molar-refractivity contribution in [1.82, 2.24) is 5.32 Å². The zero-order chi connectivity index (χ0) is 25.2. The van der Waals surface area contributed by atoms with Crippen molar-refractivity contribution in [2.45, 2.75) is 35.7 Å². The highest BCUT2D eigenvalue weighted by molar-refractivity contribution is 8.06. The number of carbonyl (C=O) groups excluding carboxylic acids is 1. The smallest absolute Gasteiger partial charge is 0.255 e. The molecule has 8 heteroatoms. The largest absolute Gasteiger partial charge is 0.496 e. The van der Waals surface area contributed by atoms with Gasteiger partial charge in [-0.25, -0.2) is 8.42 Å². The Hall–Kier alpha value is -3.65. The maximum Gasteiger partial charge on any atom is 0.255 e. The Balaban J connectivity index is 1.45. The van der Waals surface area contributed by atoms with Crippen molar-refractivity contribution in [1.29, 1.82) is 0 Å². The van der Waals surface area contributed by atoms with Crippen molar-refractivity contribution < 1.29 is 22.8 Å². The molecule has 1 fully saturated rings. The molecule has 186 valence electrons. The van der Waals surface area contributed by atoms with Crippen LogP contribution in [0.2, 0.25) is 0 Å². The molecule has 1 heterocycles. The third-order valence-electron chi connectivity index (χ3n) is 7.22. The van der Waals surface area contributed by atoms with Crippen molar-refractivity contribution in [2.24, 2.45) is 11.1 Å². The van der Waals surface area contributed by atoms with E-state index in [1.807, 2.05) is 36.4 Å². The van der Waals surface area contributed by atoms with Crippen LogP contribution in [0.4, 0.5) is 0 Å². The third kappa shape index (κ3) is 4.37. The summed E-state index contributed by atoms with van der Waals surface area (Å²) in [5.41, 5.74) is 1.02. The van der Waals surface area contributed by atoms with Gasteiger partial charge in [-0.05, 0) is 49.1 Å². The van der Waals surface area contributed by atoms with Gasteiger partial charge in [0.25, 0.3) is 5.91 Å². The monoisotopic (exact) mass is 504 g/mol. The van der Waals surface area contributed by atoms with Crippen LogP contribution in [0, 0.1) is 5.92 Å². The minimum absolute atomic E-state index is 0.0646. The molecular formula is C28H28N2O5S. The van der Waals surface area contributed by atoms with Crippen LogP contribution in [0.3, 0.4) is 0 Å². The summed E-state index contributed by atoms with van der Waals surface area (Å²) in [5.74, 6) is -0.147. The van der Waals surface area contributed by atoms with E-state index in [2.05, 4.69) is 10.5 Å². The number of sulfone groups is 1. The first-order valence-electron chi connectivity index (χ1n) is 12.0. The van der Waals surface area contributed by atoms with E-state index in [1.54, 1.807) is 48.5 Å². The van der Waals surface area contributed by atoms with Crippen LogP contribution in [0.15, 0.2) is 95.0 Å². The Bertz CT molecular complexity index is 1380. The lowest BCUT2D eigenvalue weighted by Gasteiger charge is -2.42. The lowest BCUT2D eigenvalue weighted by Crippen LogP contribution is -2.48. The third-order valence-corrected chi connectivity index (χ3v) is 9.04. The van der Waals surface area contributed by atoms with Gasteiger partial charge in [-0.2, -0.15) is 0 Å². The Morgan fingerprint density at radius 1 is 1.03 bits per heavy atom. The number of hydrogen-bond acceptors (Lipinski definition) is 6. The predicted octanol–water partition coefficient (Wildman–Crippen LogP) is 4.35. The average Bonchev–Trinajstić information content (AvgIpc) is 3.36. The van der Waals surface area contributed by atoms with Crippen molar-refractivity contribution in [2.75, 3.05) is 13.7 Å². The van der Waals surface area contributed by atoms with Crippen LogP contribution >= 0.6 is 0 Å². The van der Waals surface area contributed by atoms with E-state index in [-0.39, 0.29) is 22.0 Å². The Labute approximate surface area is 211 Å². The van der Waals surface area contributed by atoms with E-state index < -0.39 is 21.2 Å². The van der Waals surface area contributed by atoms with Gasteiger partial charge in [0.1, 0.15) is 11.9 Å². The van der Waals surface area contributed by atoms with Crippen LogP contribution in [0.5, 0.6) is 5.75 Å². The number of carbonyl (C=O) groups is 1. The molecule has 0 aromatic heterocycles. The molecule has 2 aliphatic rings. The fourth-order valence-electron chi connectivity index (χ4n) is 5.30. The molecule has 3 atom stereocenters. The van der Waals surface area contributed by atoms with Crippen molar-refractivity contribution in [3.63, 3.8) is 0 Å². The highest BCUT2D eigenvalue weighted by atomic mass is 32.2. The first-order chi connectivity index (χ1) is 17.4. The topological polar surface area (TPSA) is 94.1 Å². The molecule has 0 radical (unpaired) electrons. The normalized spacial score (nSPS) is 23.2. The van der Waals surface area contributed by atoms with E-state index >= 15 is 0 Å². The van der Waals surface area contributed by atoms with Crippen LogP contribution in [0.25, 0.3) is 0 Å². The van der Waals surface area contributed by atoms with Crippen LogP contribution < -0.4 is 10.1 Å². The Kier molecular flexibility index (Phi) is 6.53. The Morgan fingerprint density at radius 3 is 2.42 bits per heavy atom. The molecule has 0 spiro atoms. The fourth-order valence-corrected chi connectivity index (χ4v) is 6.83. The van der Waals surface area contributed by atoms with E-state index in [9.17, 15) is 13.2 Å². The molecule has 3 aromatic carbocycles. The summed E-state index contributed by atoms with van der Waals surface area (Å²) in [4.78, 5) is 19.0. The summed E-state index contributed by atoms with van der Waals surface area (Å²) in [7, 11) is -2.27. The average molecular weight is 505 g/mol. The van der Waals surface area contributed by atoms with Gasteiger partial charge in [0.2, 0.25) is 9.84 Å². The van der Waals surface area contributed by atoms with Gasteiger partial charge >= 0.3 is 0 Å². The summed E-state index contributed by atoms with van der Waals surface area (Å²) in [5, 5.41) is 7.24. The van der Waals surface area contributed by atoms with E-state index in [0.717, 1.165) is 12.0 Å². The molecule has 0 bridgehead atoms. The number of ether oxygens (including phenoxy) is 1. The van der Waals surface area contributed by atoms with E-state index in [0.29, 0.717) is 30.7 Å². The number of nitrogens with one attached hydrogen (secondary N) is 1. The number of oxime groups is 1. The molecule has 36 heavy (non-hydrogen) atoms.